The van der Waals surface area contributed by atoms with E-state index in [-0.39, 0.29) is 16.8 Å². The summed E-state index contributed by atoms with van der Waals surface area (Å²) >= 11 is 0. The summed E-state index contributed by atoms with van der Waals surface area (Å²) in [5.41, 5.74) is 1.77. The Labute approximate surface area is 123 Å². The molecular weight excluding hydrogens is 291 g/mol. The number of nitrogens with two attached hydrogens (primary N) is 1. The molecule has 3 N–H and O–H groups in total. The van der Waals surface area contributed by atoms with E-state index < -0.39 is 10.0 Å². The van der Waals surface area contributed by atoms with E-state index >= 15 is 0 Å². The van der Waals surface area contributed by atoms with Crippen molar-refractivity contribution in [2.45, 2.75) is 24.4 Å². The summed E-state index contributed by atoms with van der Waals surface area (Å²) < 4.78 is 35.5. The molecule has 2 aromatic carbocycles. The van der Waals surface area contributed by atoms with Crippen LogP contribution in [0.3, 0.4) is 0 Å². The van der Waals surface area contributed by atoms with Crippen LogP contribution >= 0.6 is 0 Å². The maximum Gasteiger partial charge on any atom is 0.238 e. The first kappa shape index (κ1) is 15.6. The minimum Gasteiger partial charge on any atom is -0.306 e. The van der Waals surface area contributed by atoms with Crippen molar-refractivity contribution in [2.24, 2.45) is 5.14 Å². The van der Waals surface area contributed by atoms with Gasteiger partial charge in [-0.05, 0) is 42.3 Å². The molecule has 6 heteroatoms. The first-order valence-electron chi connectivity index (χ1n) is 6.47. The van der Waals surface area contributed by atoms with Gasteiger partial charge in [0, 0.05) is 12.6 Å². The third-order valence-electron chi connectivity index (χ3n) is 3.21. The highest BCUT2D eigenvalue weighted by Crippen LogP contribution is 2.17. The number of nitrogens with one attached hydrogen (secondary N) is 1. The molecule has 4 nitrogen and oxygen atoms in total. The molecule has 112 valence electrons. The first-order chi connectivity index (χ1) is 9.86. The molecule has 0 saturated heterocycles. The number of hydrogen-bond donors (Lipinski definition) is 2. The van der Waals surface area contributed by atoms with Crippen LogP contribution < -0.4 is 10.5 Å². The summed E-state index contributed by atoms with van der Waals surface area (Å²) in [5.74, 6) is -0.271. The molecule has 0 fully saturated rings. The van der Waals surface area contributed by atoms with Gasteiger partial charge in [-0.25, -0.2) is 17.9 Å². The largest absolute Gasteiger partial charge is 0.306 e. The number of benzene rings is 2. The van der Waals surface area contributed by atoms with Crippen LogP contribution in [0.2, 0.25) is 0 Å². The van der Waals surface area contributed by atoms with Gasteiger partial charge >= 0.3 is 0 Å². The Bertz CT molecular complexity index is 715. The van der Waals surface area contributed by atoms with Gasteiger partial charge in [-0.1, -0.05) is 24.3 Å². The maximum absolute atomic E-state index is 12.8. The highest BCUT2D eigenvalue weighted by atomic mass is 32.2. The normalized spacial score (nSPS) is 13.1. The molecule has 0 heterocycles. The van der Waals surface area contributed by atoms with Crippen molar-refractivity contribution in [1.82, 2.24) is 5.32 Å². The van der Waals surface area contributed by atoms with E-state index in [0.717, 1.165) is 11.1 Å². The van der Waals surface area contributed by atoms with Crippen molar-refractivity contribution < 1.29 is 12.8 Å². The van der Waals surface area contributed by atoms with E-state index in [1.807, 2.05) is 13.0 Å². The van der Waals surface area contributed by atoms with Gasteiger partial charge in [0.2, 0.25) is 10.0 Å². The molecule has 0 saturated carbocycles. The highest BCUT2D eigenvalue weighted by Gasteiger charge is 2.11. The minimum absolute atomic E-state index is 0.0586. The molecule has 2 aromatic rings. The van der Waals surface area contributed by atoms with E-state index in [1.165, 1.54) is 18.2 Å². The lowest BCUT2D eigenvalue weighted by molar-refractivity contribution is 0.570. The molecular formula is C15H17FN2O2S. The van der Waals surface area contributed by atoms with Crippen molar-refractivity contribution in [3.05, 3.63) is 65.5 Å². The standard InChI is InChI=1S/C15H17FN2O2S/c1-11(18-10-12-5-7-14(16)8-6-12)13-3-2-4-15(9-13)21(17,19)20/h2-9,11,18H,10H2,1H3,(H2,17,19,20). The zero-order valence-electron chi connectivity index (χ0n) is 11.6. The van der Waals surface area contributed by atoms with Gasteiger partial charge in [0.15, 0.2) is 0 Å². The van der Waals surface area contributed by atoms with Crippen LogP contribution in [0.4, 0.5) is 4.39 Å². The zero-order chi connectivity index (χ0) is 15.5. The molecule has 0 radical (unpaired) electrons. The number of halogens is 1. The lowest BCUT2D eigenvalue weighted by atomic mass is 10.1. The molecule has 0 amide bonds. The van der Waals surface area contributed by atoms with Crippen molar-refractivity contribution in [2.75, 3.05) is 0 Å². The molecule has 0 aliphatic heterocycles. The molecule has 21 heavy (non-hydrogen) atoms. The van der Waals surface area contributed by atoms with E-state index in [2.05, 4.69) is 5.32 Å². The third-order valence-corrected chi connectivity index (χ3v) is 4.12. The molecule has 0 aliphatic carbocycles. The van der Waals surface area contributed by atoms with Crippen LogP contribution in [0.1, 0.15) is 24.1 Å². The van der Waals surface area contributed by atoms with Gasteiger partial charge in [-0.2, -0.15) is 0 Å². The molecule has 2 rings (SSSR count). The molecule has 0 bridgehead atoms. The van der Waals surface area contributed by atoms with Gasteiger partial charge in [0.25, 0.3) is 0 Å². The van der Waals surface area contributed by atoms with Crippen LogP contribution in [-0.2, 0) is 16.6 Å². The summed E-state index contributed by atoms with van der Waals surface area (Å²) in [4.78, 5) is 0.0930. The molecule has 0 aromatic heterocycles. The van der Waals surface area contributed by atoms with E-state index in [9.17, 15) is 12.8 Å². The predicted molar refractivity (Wildman–Crippen MR) is 79.5 cm³/mol. The smallest absolute Gasteiger partial charge is 0.238 e. The monoisotopic (exact) mass is 308 g/mol. The second kappa shape index (κ2) is 6.34. The van der Waals surface area contributed by atoms with Gasteiger partial charge in [0.1, 0.15) is 5.82 Å². The fourth-order valence-electron chi connectivity index (χ4n) is 1.95. The fourth-order valence-corrected chi connectivity index (χ4v) is 2.52. The van der Waals surface area contributed by atoms with Crippen LogP contribution in [0, 0.1) is 5.82 Å². The van der Waals surface area contributed by atoms with Gasteiger partial charge < -0.3 is 5.32 Å². The fraction of sp³-hybridized carbons (Fsp3) is 0.200. The lowest BCUT2D eigenvalue weighted by Crippen LogP contribution is -2.19. The number of rotatable bonds is 5. The lowest BCUT2D eigenvalue weighted by Gasteiger charge is -2.15. The van der Waals surface area contributed by atoms with Crippen LogP contribution in [-0.4, -0.2) is 8.42 Å². The quantitative estimate of drug-likeness (QED) is 0.890. The summed E-state index contributed by atoms with van der Waals surface area (Å²) in [5, 5.41) is 8.38. The summed E-state index contributed by atoms with van der Waals surface area (Å²) in [6.45, 7) is 2.48. The van der Waals surface area contributed by atoms with Crippen LogP contribution in [0.5, 0.6) is 0 Å². The molecule has 0 aliphatic rings. The summed E-state index contributed by atoms with van der Waals surface area (Å²) in [7, 11) is -3.70. The predicted octanol–water partition coefficient (Wildman–Crippen LogP) is 2.32. The Hall–Kier alpha value is -1.76. The zero-order valence-corrected chi connectivity index (χ0v) is 12.4. The highest BCUT2D eigenvalue weighted by molar-refractivity contribution is 7.89. The average Bonchev–Trinajstić information content (AvgIpc) is 2.45. The van der Waals surface area contributed by atoms with Crippen LogP contribution in [0.15, 0.2) is 53.4 Å². The maximum atomic E-state index is 12.8. The minimum atomic E-state index is -3.70. The molecule has 0 spiro atoms. The summed E-state index contributed by atoms with van der Waals surface area (Å²) in [6.07, 6.45) is 0. The van der Waals surface area contributed by atoms with Crippen LogP contribution in [0.25, 0.3) is 0 Å². The van der Waals surface area contributed by atoms with E-state index in [4.69, 9.17) is 5.14 Å². The van der Waals surface area contributed by atoms with Gasteiger partial charge in [-0.3, -0.25) is 0 Å². The van der Waals surface area contributed by atoms with Crippen molar-refractivity contribution >= 4 is 10.0 Å². The SMILES string of the molecule is CC(NCc1ccc(F)cc1)c1cccc(S(N)(=O)=O)c1. The Balaban J connectivity index is 2.06. The number of primary sulfonamides is 1. The molecule has 1 unspecified atom stereocenters. The van der Waals surface area contributed by atoms with Crippen molar-refractivity contribution in [3.8, 4) is 0 Å². The Morgan fingerprint density at radius 2 is 1.86 bits per heavy atom. The topological polar surface area (TPSA) is 72.2 Å². The first-order valence-corrected chi connectivity index (χ1v) is 8.01. The second-order valence-electron chi connectivity index (χ2n) is 4.85. The van der Waals surface area contributed by atoms with Gasteiger partial charge in [0.05, 0.1) is 4.90 Å². The second-order valence-corrected chi connectivity index (χ2v) is 6.41. The summed E-state index contributed by atoms with van der Waals surface area (Å²) in [6, 6.07) is 12.7. The van der Waals surface area contributed by atoms with E-state index in [1.54, 1.807) is 24.3 Å². The third kappa shape index (κ3) is 4.35. The van der Waals surface area contributed by atoms with Crippen molar-refractivity contribution in [3.63, 3.8) is 0 Å². The van der Waals surface area contributed by atoms with Gasteiger partial charge in [-0.15, -0.1) is 0 Å². The average molecular weight is 308 g/mol. The Morgan fingerprint density at radius 3 is 2.48 bits per heavy atom. The number of sulfonamides is 1. The van der Waals surface area contributed by atoms with E-state index in [0.29, 0.717) is 6.54 Å². The molecule has 1 atom stereocenters. The van der Waals surface area contributed by atoms with Crippen molar-refractivity contribution in [1.29, 1.82) is 0 Å². The Morgan fingerprint density at radius 1 is 1.19 bits per heavy atom. The number of hydrogen-bond acceptors (Lipinski definition) is 3. The Kier molecular flexibility index (Phi) is 4.72.